The summed E-state index contributed by atoms with van der Waals surface area (Å²) in [5.74, 6) is 0.272. The Morgan fingerprint density at radius 2 is 1.78 bits per heavy atom. The summed E-state index contributed by atoms with van der Waals surface area (Å²) < 4.78 is 1.71. The number of hydrogen-bond acceptors (Lipinski definition) is 2. The van der Waals surface area contributed by atoms with Crippen molar-refractivity contribution in [3.8, 4) is 17.0 Å². The molecular weight excluding hydrogens is 224 g/mol. The molecule has 1 aromatic heterocycles. The van der Waals surface area contributed by atoms with E-state index in [0.717, 1.165) is 11.3 Å². The first-order chi connectivity index (χ1) is 8.32. The number of nitrogens with zero attached hydrogens (tertiary/aromatic N) is 2. The van der Waals surface area contributed by atoms with Crippen LogP contribution in [-0.2, 0) is 12.5 Å². The molecule has 0 aliphatic heterocycles. The van der Waals surface area contributed by atoms with Crippen molar-refractivity contribution in [3.63, 3.8) is 0 Å². The average molecular weight is 244 g/mol. The van der Waals surface area contributed by atoms with E-state index in [0.29, 0.717) is 5.69 Å². The lowest BCUT2D eigenvalue weighted by Crippen LogP contribution is -2.12. The van der Waals surface area contributed by atoms with Crippen LogP contribution < -0.4 is 0 Å². The number of aryl methyl sites for hydroxylation is 1. The highest BCUT2D eigenvalue weighted by Crippen LogP contribution is 2.37. The summed E-state index contributed by atoms with van der Waals surface area (Å²) in [7, 11) is 1.85. The largest absolute Gasteiger partial charge is 0.504 e. The second-order valence-corrected chi connectivity index (χ2v) is 5.70. The van der Waals surface area contributed by atoms with E-state index >= 15 is 0 Å². The van der Waals surface area contributed by atoms with Crippen LogP contribution in [0.2, 0.25) is 0 Å². The fourth-order valence-electron chi connectivity index (χ4n) is 2.12. The van der Waals surface area contributed by atoms with Crippen molar-refractivity contribution in [2.24, 2.45) is 7.05 Å². The van der Waals surface area contributed by atoms with E-state index in [2.05, 4.69) is 31.9 Å². The zero-order valence-electron chi connectivity index (χ0n) is 11.7. The third-order valence-electron chi connectivity index (χ3n) is 3.29. The zero-order valence-corrected chi connectivity index (χ0v) is 11.7. The molecule has 2 aromatic rings. The van der Waals surface area contributed by atoms with Gasteiger partial charge in [0.05, 0.1) is 5.69 Å². The summed E-state index contributed by atoms with van der Waals surface area (Å²) in [5, 5.41) is 14.6. The smallest absolute Gasteiger partial charge is 0.164 e. The Morgan fingerprint density at radius 3 is 2.28 bits per heavy atom. The quantitative estimate of drug-likeness (QED) is 0.835. The minimum atomic E-state index is 0.0223. The monoisotopic (exact) mass is 244 g/mol. The average Bonchev–Trinajstić information content (AvgIpc) is 2.56. The van der Waals surface area contributed by atoms with Crippen molar-refractivity contribution in [3.05, 3.63) is 35.5 Å². The predicted molar refractivity (Wildman–Crippen MR) is 73.7 cm³/mol. The lowest BCUT2D eigenvalue weighted by atomic mass is 9.83. The Bertz CT molecular complexity index is 577. The summed E-state index contributed by atoms with van der Waals surface area (Å²) in [6.07, 6.45) is 0. The molecule has 0 atom stereocenters. The third kappa shape index (κ3) is 2.01. The highest BCUT2D eigenvalue weighted by atomic mass is 16.3. The number of rotatable bonds is 1. The first-order valence-corrected chi connectivity index (χ1v) is 6.15. The number of benzene rings is 1. The van der Waals surface area contributed by atoms with Gasteiger partial charge in [-0.2, -0.15) is 5.10 Å². The molecule has 0 bridgehead atoms. The molecule has 0 fully saturated rings. The van der Waals surface area contributed by atoms with Crippen molar-refractivity contribution >= 4 is 0 Å². The standard InChI is InChI=1S/C15H20N2O/c1-10-14(18)13(16-17(10)5)11-8-6-7-9-12(11)15(2,3)4/h6-9,18H,1-5H3. The van der Waals surface area contributed by atoms with Crippen LogP contribution in [0.3, 0.4) is 0 Å². The lowest BCUT2D eigenvalue weighted by Gasteiger charge is -2.22. The van der Waals surface area contributed by atoms with Crippen LogP contribution in [0.5, 0.6) is 5.75 Å². The first kappa shape index (κ1) is 12.7. The predicted octanol–water partition coefficient (Wildman–Crippen LogP) is 3.40. The van der Waals surface area contributed by atoms with Crippen LogP contribution in [0, 0.1) is 6.92 Å². The maximum atomic E-state index is 10.2. The summed E-state index contributed by atoms with van der Waals surface area (Å²) >= 11 is 0. The van der Waals surface area contributed by atoms with Crippen molar-refractivity contribution in [1.29, 1.82) is 0 Å². The van der Waals surface area contributed by atoms with Gasteiger partial charge in [0, 0.05) is 12.6 Å². The summed E-state index contributed by atoms with van der Waals surface area (Å²) in [5.41, 5.74) is 3.67. The molecule has 0 unspecified atom stereocenters. The van der Waals surface area contributed by atoms with Gasteiger partial charge in [0.25, 0.3) is 0 Å². The second-order valence-electron chi connectivity index (χ2n) is 5.70. The maximum absolute atomic E-state index is 10.2. The van der Waals surface area contributed by atoms with Gasteiger partial charge in [0.15, 0.2) is 5.75 Å². The molecule has 1 aromatic carbocycles. The molecule has 0 saturated carbocycles. The molecule has 0 aliphatic rings. The summed E-state index contributed by atoms with van der Waals surface area (Å²) in [6, 6.07) is 8.12. The molecule has 1 heterocycles. The normalized spacial score (nSPS) is 11.8. The Morgan fingerprint density at radius 1 is 1.17 bits per heavy atom. The van der Waals surface area contributed by atoms with Crippen LogP contribution in [0.15, 0.2) is 24.3 Å². The molecule has 0 radical (unpaired) electrons. The lowest BCUT2D eigenvalue weighted by molar-refractivity contribution is 0.471. The van der Waals surface area contributed by atoms with E-state index < -0.39 is 0 Å². The van der Waals surface area contributed by atoms with E-state index in [-0.39, 0.29) is 11.2 Å². The van der Waals surface area contributed by atoms with Gasteiger partial charge in [-0.15, -0.1) is 0 Å². The zero-order chi connectivity index (χ0) is 13.5. The minimum absolute atomic E-state index is 0.0223. The van der Waals surface area contributed by atoms with Crippen LogP contribution in [0.25, 0.3) is 11.3 Å². The van der Waals surface area contributed by atoms with Crippen molar-refractivity contribution in [2.75, 3.05) is 0 Å². The third-order valence-corrected chi connectivity index (χ3v) is 3.29. The molecule has 0 amide bonds. The van der Waals surface area contributed by atoms with Gasteiger partial charge in [0.2, 0.25) is 0 Å². The van der Waals surface area contributed by atoms with Gasteiger partial charge < -0.3 is 5.11 Å². The topological polar surface area (TPSA) is 38.1 Å². The highest BCUT2D eigenvalue weighted by molar-refractivity contribution is 5.71. The number of hydrogen-bond donors (Lipinski definition) is 1. The molecule has 18 heavy (non-hydrogen) atoms. The number of aromatic nitrogens is 2. The van der Waals surface area contributed by atoms with Crippen LogP contribution in [0.1, 0.15) is 32.0 Å². The molecule has 0 spiro atoms. The van der Waals surface area contributed by atoms with Gasteiger partial charge in [-0.05, 0) is 17.9 Å². The van der Waals surface area contributed by atoms with Crippen LogP contribution >= 0.6 is 0 Å². The molecule has 96 valence electrons. The van der Waals surface area contributed by atoms with Crippen LogP contribution in [-0.4, -0.2) is 14.9 Å². The fraction of sp³-hybridized carbons (Fsp3) is 0.400. The first-order valence-electron chi connectivity index (χ1n) is 6.15. The minimum Gasteiger partial charge on any atom is -0.504 e. The molecule has 3 nitrogen and oxygen atoms in total. The van der Waals surface area contributed by atoms with Crippen molar-refractivity contribution in [1.82, 2.24) is 9.78 Å². The fourth-order valence-corrected chi connectivity index (χ4v) is 2.12. The van der Waals surface area contributed by atoms with Gasteiger partial charge in [0.1, 0.15) is 5.69 Å². The van der Waals surface area contributed by atoms with Crippen LogP contribution in [0.4, 0.5) is 0 Å². The Labute approximate surface area is 108 Å². The Kier molecular flexibility index (Phi) is 2.93. The molecule has 0 saturated heterocycles. The molecule has 0 aliphatic carbocycles. The highest BCUT2D eigenvalue weighted by Gasteiger charge is 2.22. The Balaban J connectivity index is 2.68. The van der Waals surface area contributed by atoms with Crippen molar-refractivity contribution in [2.45, 2.75) is 33.1 Å². The van der Waals surface area contributed by atoms with E-state index in [1.807, 2.05) is 32.2 Å². The number of aromatic hydroxyl groups is 1. The van der Waals surface area contributed by atoms with E-state index in [9.17, 15) is 5.11 Å². The second kappa shape index (κ2) is 4.16. The maximum Gasteiger partial charge on any atom is 0.164 e. The SMILES string of the molecule is Cc1c(O)c(-c2ccccc2C(C)(C)C)nn1C. The van der Waals surface area contributed by atoms with Crippen molar-refractivity contribution < 1.29 is 5.11 Å². The molecular formula is C15H20N2O. The molecule has 1 N–H and O–H groups in total. The van der Waals surface area contributed by atoms with E-state index in [1.54, 1.807) is 4.68 Å². The van der Waals surface area contributed by atoms with Gasteiger partial charge >= 0.3 is 0 Å². The van der Waals surface area contributed by atoms with Gasteiger partial charge in [-0.1, -0.05) is 45.0 Å². The molecule has 2 rings (SSSR count). The molecule has 3 heteroatoms. The van der Waals surface area contributed by atoms with Gasteiger partial charge in [-0.25, -0.2) is 0 Å². The van der Waals surface area contributed by atoms with E-state index in [1.165, 1.54) is 5.56 Å². The summed E-state index contributed by atoms with van der Waals surface area (Å²) in [6.45, 7) is 8.36. The van der Waals surface area contributed by atoms with E-state index in [4.69, 9.17) is 0 Å². The van der Waals surface area contributed by atoms with Gasteiger partial charge in [-0.3, -0.25) is 4.68 Å². The summed E-state index contributed by atoms with van der Waals surface area (Å²) in [4.78, 5) is 0. The Hall–Kier alpha value is -1.77.